The number of hydrogen-bond acceptors (Lipinski definition) is 2. The maximum Gasteiger partial charge on any atom is 0.119 e. The van der Waals surface area contributed by atoms with Crippen LogP contribution in [0.1, 0.15) is 6.42 Å². The van der Waals surface area contributed by atoms with E-state index < -0.39 is 0 Å². The summed E-state index contributed by atoms with van der Waals surface area (Å²) >= 11 is 0. The second-order valence-electron chi connectivity index (χ2n) is 3.20. The fourth-order valence-corrected chi connectivity index (χ4v) is 1.16. The van der Waals surface area contributed by atoms with Crippen LogP contribution < -0.4 is 4.74 Å². The Morgan fingerprint density at radius 1 is 1.36 bits per heavy atom. The molecule has 0 saturated carbocycles. The van der Waals surface area contributed by atoms with Gasteiger partial charge >= 0.3 is 0 Å². The van der Waals surface area contributed by atoms with Gasteiger partial charge < -0.3 is 9.84 Å². The predicted molar refractivity (Wildman–Crippen MR) is 57.3 cm³/mol. The van der Waals surface area contributed by atoms with E-state index in [0.717, 1.165) is 12.2 Å². The minimum atomic E-state index is 0.138. The van der Waals surface area contributed by atoms with Gasteiger partial charge in [0.15, 0.2) is 0 Å². The molecule has 14 heavy (non-hydrogen) atoms. The second-order valence-corrected chi connectivity index (χ2v) is 3.20. The molecule has 1 N–H and O–H groups in total. The first-order valence-electron chi connectivity index (χ1n) is 4.76. The van der Waals surface area contributed by atoms with Gasteiger partial charge in [0.1, 0.15) is 5.75 Å². The molecule has 0 aliphatic carbocycles. The van der Waals surface area contributed by atoms with Crippen LogP contribution in [0.3, 0.4) is 0 Å². The highest BCUT2D eigenvalue weighted by Gasteiger charge is 2.05. The van der Waals surface area contributed by atoms with Crippen LogP contribution in [0.5, 0.6) is 5.75 Å². The van der Waals surface area contributed by atoms with E-state index in [9.17, 15) is 0 Å². The van der Waals surface area contributed by atoms with Crippen LogP contribution in [0.2, 0.25) is 0 Å². The molecule has 0 radical (unpaired) electrons. The average molecular weight is 192 g/mol. The minimum absolute atomic E-state index is 0.138. The van der Waals surface area contributed by atoms with E-state index in [1.54, 1.807) is 6.08 Å². The first-order chi connectivity index (χ1) is 6.86. The summed E-state index contributed by atoms with van der Waals surface area (Å²) < 4.78 is 5.50. The zero-order valence-corrected chi connectivity index (χ0v) is 8.23. The van der Waals surface area contributed by atoms with Crippen LogP contribution >= 0.6 is 0 Å². The van der Waals surface area contributed by atoms with Crippen LogP contribution in [0.25, 0.3) is 0 Å². The van der Waals surface area contributed by atoms with Gasteiger partial charge in [0.2, 0.25) is 0 Å². The van der Waals surface area contributed by atoms with Gasteiger partial charge in [0.25, 0.3) is 0 Å². The van der Waals surface area contributed by atoms with Crippen LogP contribution in [0, 0.1) is 5.92 Å². The van der Waals surface area contributed by atoms with E-state index in [0.29, 0.717) is 6.61 Å². The Bertz CT molecular complexity index is 256. The van der Waals surface area contributed by atoms with E-state index in [1.165, 1.54) is 0 Å². The molecule has 1 atom stereocenters. The van der Waals surface area contributed by atoms with E-state index in [4.69, 9.17) is 9.84 Å². The largest absolute Gasteiger partial charge is 0.493 e. The molecule has 76 valence electrons. The van der Waals surface area contributed by atoms with Gasteiger partial charge in [0.05, 0.1) is 6.61 Å². The molecule has 2 nitrogen and oxygen atoms in total. The van der Waals surface area contributed by atoms with E-state index in [1.807, 2.05) is 30.3 Å². The van der Waals surface area contributed by atoms with Crippen molar-refractivity contribution in [3.8, 4) is 5.75 Å². The molecule has 0 amide bonds. The summed E-state index contributed by atoms with van der Waals surface area (Å²) in [7, 11) is 0. The van der Waals surface area contributed by atoms with E-state index in [-0.39, 0.29) is 12.5 Å². The number of allylic oxidation sites excluding steroid dienone is 1. The normalized spacial score (nSPS) is 12.1. The molecule has 0 aliphatic heterocycles. The standard InChI is InChI=1S/C12H16O2/c1-2-6-11(9-13)10-14-12-7-4-3-5-8-12/h2-5,7-8,11,13H,1,6,9-10H2/t11-/m1/s1. The molecule has 1 rings (SSSR count). The Kier molecular flexibility index (Phi) is 4.79. The van der Waals surface area contributed by atoms with Gasteiger partial charge in [-0.2, -0.15) is 0 Å². The van der Waals surface area contributed by atoms with Crippen molar-refractivity contribution in [1.82, 2.24) is 0 Å². The van der Waals surface area contributed by atoms with Crippen LogP contribution in [-0.2, 0) is 0 Å². The fourth-order valence-electron chi connectivity index (χ4n) is 1.16. The van der Waals surface area contributed by atoms with Crippen molar-refractivity contribution in [3.63, 3.8) is 0 Å². The lowest BCUT2D eigenvalue weighted by Gasteiger charge is -2.13. The average Bonchev–Trinajstić information content (AvgIpc) is 2.25. The van der Waals surface area contributed by atoms with E-state index >= 15 is 0 Å². The lowest BCUT2D eigenvalue weighted by Crippen LogP contribution is -2.15. The van der Waals surface area contributed by atoms with Crippen molar-refractivity contribution in [2.24, 2.45) is 5.92 Å². The molecule has 0 saturated heterocycles. The van der Waals surface area contributed by atoms with Crippen molar-refractivity contribution in [2.45, 2.75) is 6.42 Å². The summed E-state index contributed by atoms with van der Waals surface area (Å²) in [6, 6.07) is 9.61. The lowest BCUT2D eigenvalue weighted by atomic mass is 10.1. The highest BCUT2D eigenvalue weighted by Crippen LogP contribution is 2.11. The molecule has 0 bridgehead atoms. The third kappa shape index (κ3) is 3.62. The topological polar surface area (TPSA) is 29.5 Å². The molecule has 1 aromatic carbocycles. The maximum atomic E-state index is 9.01. The Morgan fingerprint density at radius 3 is 2.64 bits per heavy atom. The molecule has 2 heteroatoms. The van der Waals surface area contributed by atoms with Crippen LogP contribution in [0.4, 0.5) is 0 Å². The molecule has 0 aliphatic rings. The SMILES string of the molecule is C=CC[C@H](CO)COc1ccccc1. The van der Waals surface area contributed by atoms with Gasteiger partial charge in [-0.1, -0.05) is 24.3 Å². The first-order valence-corrected chi connectivity index (χ1v) is 4.76. The highest BCUT2D eigenvalue weighted by atomic mass is 16.5. The summed E-state index contributed by atoms with van der Waals surface area (Å²) in [5, 5.41) is 9.01. The summed E-state index contributed by atoms with van der Waals surface area (Å²) in [4.78, 5) is 0. The molecule has 0 spiro atoms. The number of hydrogen-bond donors (Lipinski definition) is 1. The molecule has 0 aromatic heterocycles. The quantitative estimate of drug-likeness (QED) is 0.700. The fraction of sp³-hybridized carbons (Fsp3) is 0.333. The van der Waals surface area contributed by atoms with Crippen molar-refractivity contribution < 1.29 is 9.84 Å². The third-order valence-corrected chi connectivity index (χ3v) is 1.99. The summed E-state index contributed by atoms with van der Waals surface area (Å²) in [6.07, 6.45) is 2.58. The molecular weight excluding hydrogens is 176 g/mol. The number of rotatable bonds is 6. The summed E-state index contributed by atoms with van der Waals surface area (Å²) in [5.41, 5.74) is 0. The number of aliphatic hydroxyl groups excluding tert-OH is 1. The Labute approximate surface area is 84.8 Å². The van der Waals surface area contributed by atoms with Crippen molar-refractivity contribution in [1.29, 1.82) is 0 Å². The zero-order valence-electron chi connectivity index (χ0n) is 8.23. The predicted octanol–water partition coefficient (Wildman–Crippen LogP) is 2.25. The molecule has 1 aromatic rings. The Morgan fingerprint density at radius 2 is 2.07 bits per heavy atom. The minimum Gasteiger partial charge on any atom is -0.493 e. The molecular formula is C12H16O2. The van der Waals surface area contributed by atoms with Crippen LogP contribution in [0.15, 0.2) is 43.0 Å². The highest BCUT2D eigenvalue weighted by molar-refractivity contribution is 5.20. The number of aliphatic hydroxyl groups is 1. The zero-order chi connectivity index (χ0) is 10.2. The number of para-hydroxylation sites is 1. The summed E-state index contributed by atoms with van der Waals surface area (Å²) in [5.74, 6) is 0.989. The van der Waals surface area contributed by atoms with Gasteiger partial charge in [-0.25, -0.2) is 0 Å². The van der Waals surface area contributed by atoms with Crippen molar-refractivity contribution in [3.05, 3.63) is 43.0 Å². The molecule has 0 fully saturated rings. The number of benzene rings is 1. The number of ether oxygens (including phenoxy) is 1. The van der Waals surface area contributed by atoms with E-state index in [2.05, 4.69) is 6.58 Å². The van der Waals surface area contributed by atoms with Crippen molar-refractivity contribution >= 4 is 0 Å². The Balaban J connectivity index is 2.35. The van der Waals surface area contributed by atoms with Gasteiger partial charge in [-0.15, -0.1) is 6.58 Å². The van der Waals surface area contributed by atoms with Gasteiger partial charge in [0, 0.05) is 12.5 Å². The second kappa shape index (κ2) is 6.22. The third-order valence-electron chi connectivity index (χ3n) is 1.99. The molecule has 0 heterocycles. The van der Waals surface area contributed by atoms with Crippen LogP contribution in [-0.4, -0.2) is 18.3 Å². The maximum absolute atomic E-state index is 9.01. The Hall–Kier alpha value is -1.28. The first kappa shape index (κ1) is 10.8. The van der Waals surface area contributed by atoms with Gasteiger partial charge in [-0.05, 0) is 18.6 Å². The smallest absolute Gasteiger partial charge is 0.119 e. The van der Waals surface area contributed by atoms with Crippen molar-refractivity contribution in [2.75, 3.05) is 13.2 Å². The van der Waals surface area contributed by atoms with Gasteiger partial charge in [-0.3, -0.25) is 0 Å². The summed E-state index contributed by atoms with van der Waals surface area (Å²) in [6.45, 7) is 4.31. The molecule has 0 unspecified atom stereocenters. The monoisotopic (exact) mass is 192 g/mol. The lowest BCUT2D eigenvalue weighted by molar-refractivity contribution is 0.164.